The van der Waals surface area contributed by atoms with Gasteiger partial charge in [0.05, 0.1) is 51.2 Å². The number of amides is 1. The fraction of sp³-hybridized carbons (Fsp3) is 0.633. The van der Waals surface area contributed by atoms with Crippen LogP contribution in [0.1, 0.15) is 75.8 Å². The molecule has 1 N–H and O–H groups in total. The normalized spacial score (nSPS) is 17.4. The minimum Gasteiger partial charge on any atom is -0.496 e. The summed E-state index contributed by atoms with van der Waals surface area (Å²) in [4.78, 5) is 28.7. The first-order valence-corrected chi connectivity index (χ1v) is 14.3. The molecule has 0 unspecified atom stereocenters. The zero-order valence-electron chi connectivity index (χ0n) is 24.5. The molecule has 1 aliphatic carbocycles. The van der Waals surface area contributed by atoms with E-state index in [9.17, 15) is 9.59 Å². The molecule has 2 aromatic rings. The minimum atomic E-state index is -0.599. The topological polar surface area (TPSA) is 104 Å². The SMILES string of the molecule is COc1cccc(OC)c1-c1cc(C(=O)N[C@@H](CCN2CCOCC2)CC(=O)OC(C)(C)C)nn1C1CCCC1. The third-order valence-electron chi connectivity index (χ3n) is 7.39. The third-order valence-corrected chi connectivity index (χ3v) is 7.39. The molecule has 0 radical (unpaired) electrons. The lowest BCUT2D eigenvalue weighted by atomic mass is 10.1. The fourth-order valence-electron chi connectivity index (χ4n) is 5.46. The molecule has 1 saturated carbocycles. The van der Waals surface area contributed by atoms with Crippen molar-refractivity contribution < 1.29 is 28.5 Å². The van der Waals surface area contributed by atoms with Crippen molar-refractivity contribution in [1.29, 1.82) is 0 Å². The van der Waals surface area contributed by atoms with Crippen LogP contribution in [0.5, 0.6) is 11.5 Å². The van der Waals surface area contributed by atoms with E-state index in [0.717, 1.165) is 56.6 Å². The maximum absolute atomic E-state index is 13.7. The number of benzene rings is 1. The predicted octanol–water partition coefficient (Wildman–Crippen LogP) is 4.23. The van der Waals surface area contributed by atoms with Crippen molar-refractivity contribution in [3.8, 4) is 22.8 Å². The van der Waals surface area contributed by atoms with Crippen molar-refractivity contribution in [3.63, 3.8) is 0 Å². The summed E-state index contributed by atoms with van der Waals surface area (Å²) in [5.74, 6) is 0.649. The predicted molar refractivity (Wildman–Crippen MR) is 152 cm³/mol. The van der Waals surface area contributed by atoms with Gasteiger partial charge in [0.1, 0.15) is 17.1 Å². The highest BCUT2D eigenvalue weighted by Crippen LogP contribution is 2.41. The molecule has 2 aliphatic rings. The van der Waals surface area contributed by atoms with Crippen molar-refractivity contribution in [2.45, 2.75) is 77.0 Å². The van der Waals surface area contributed by atoms with Gasteiger partial charge >= 0.3 is 5.97 Å². The minimum absolute atomic E-state index is 0.0872. The number of morpholine rings is 1. The van der Waals surface area contributed by atoms with Gasteiger partial charge in [0.25, 0.3) is 5.91 Å². The quantitative estimate of drug-likeness (QED) is 0.410. The Labute approximate surface area is 237 Å². The molecule has 10 heteroatoms. The van der Waals surface area contributed by atoms with Crippen LogP contribution in [0.2, 0.25) is 0 Å². The summed E-state index contributed by atoms with van der Waals surface area (Å²) in [7, 11) is 3.25. The van der Waals surface area contributed by atoms with E-state index in [0.29, 0.717) is 36.8 Å². The van der Waals surface area contributed by atoms with Gasteiger partial charge in [0.15, 0.2) is 5.69 Å². The van der Waals surface area contributed by atoms with Gasteiger partial charge in [-0.1, -0.05) is 18.9 Å². The van der Waals surface area contributed by atoms with Crippen molar-refractivity contribution in [2.75, 3.05) is 47.1 Å². The number of hydrogen-bond donors (Lipinski definition) is 1. The van der Waals surface area contributed by atoms with Crippen molar-refractivity contribution >= 4 is 11.9 Å². The van der Waals surface area contributed by atoms with Crippen LogP contribution in [0, 0.1) is 0 Å². The lowest BCUT2D eigenvalue weighted by Crippen LogP contribution is -2.43. The summed E-state index contributed by atoms with van der Waals surface area (Å²) in [5, 5.41) is 7.90. The monoisotopic (exact) mass is 556 g/mol. The summed E-state index contributed by atoms with van der Waals surface area (Å²) in [6.07, 6.45) is 4.93. The molecule has 1 saturated heterocycles. The van der Waals surface area contributed by atoms with Gasteiger partial charge in [0, 0.05) is 25.7 Å². The molecule has 0 spiro atoms. The lowest BCUT2D eigenvalue weighted by molar-refractivity contribution is -0.155. The Hall–Kier alpha value is -3.11. The molecule has 2 fully saturated rings. The number of hydrogen-bond acceptors (Lipinski definition) is 8. The van der Waals surface area contributed by atoms with Crippen LogP contribution in [0.15, 0.2) is 24.3 Å². The summed E-state index contributed by atoms with van der Waals surface area (Å²) in [5.41, 5.74) is 1.25. The number of carbonyl (C=O) groups is 2. The van der Waals surface area contributed by atoms with Crippen LogP contribution in [-0.4, -0.2) is 85.3 Å². The van der Waals surface area contributed by atoms with Crippen molar-refractivity contribution in [2.24, 2.45) is 0 Å². The van der Waals surface area contributed by atoms with Gasteiger partial charge in [-0.05, 0) is 58.2 Å². The Morgan fingerprint density at radius 2 is 1.75 bits per heavy atom. The second-order valence-electron chi connectivity index (χ2n) is 11.5. The van der Waals surface area contributed by atoms with E-state index >= 15 is 0 Å². The van der Waals surface area contributed by atoms with Gasteiger partial charge in [-0.3, -0.25) is 19.2 Å². The molecule has 4 rings (SSSR count). The number of nitrogens with zero attached hydrogens (tertiary/aromatic N) is 3. The summed E-state index contributed by atoms with van der Waals surface area (Å²) >= 11 is 0. The maximum atomic E-state index is 13.7. The van der Waals surface area contributed by atoms with Crippen LogP contribution in [0.4, 0.5) is 0 Å². The fourth-order valence-corrected chi connectivity index (χ4v) is 5.46. The van der Waals surface area contributed by atoms with Crippen LogP contribution in [0.3, 0.4) is 0 Å². The Kier molecular flexibility index (Phi) is 10.1. The van der Waals surface area contributed by atoms with Gasteiger partial charge < -0.3 is 24.3 Å². The standard InChI is InChI=1S/C30H44N4O6/c1-30(2,3)40-27(35)19-21(13-14-33-15-17-39-18-16-33)31-29(36)23-20-24(34(32-23)22-9-6-7-10-22)28-25(37-4)11-8-12-26(28)38-5/h8,11-12,20-22H,6-7,9-10,13-19H2,1-5H3,(H,31,36)/t21-/m0/s1. The highest BCUT2D eigenvalue weighted by molar-refractivity contribution is 5.94. The molecular weight excluding hydrogens is 512 g/mol. The maximum Gasteiger partial charge on any atom is 0.308 e. The average Bonchev–Trinajstić information content (AvgIpc) is 3.61. The Balaban J connectivity index is 1.60. The molecule has 0 bridgehead atoms. The van der Waals surface area contributed by atoms with E-state index in [2.05, 4.69) is 10.2 Å². The van der Waals surface area contributed by atoms with E-state index in [1.54, 1.807) is 20.3 Å². The van der Waals surface area contributed by atoms with E-state index in [4.69, 9.17) is 24.0 Å². The molecular formula is C30H44N4O6. The zero-order valence-corrected chi connectivity index (χ0v) is 24.5. The van der Waals surface area contributed by atoms with Crippen molar-refractivity contribution in [3.05, 3.63) is 30.0 Å². The average molecular weight is 557 g/mol. The molecule has 1 aromatic carbocycles. The van der Waals surface area contributed by atoms with Gasteiger partial charge in [-0.25, -0.2) is 0 Å². The molecule has 40 heavy (non-hydrogen) atoms. The number of nitrogens with one attached hydrogen (secondary N) is 1. The molecule has 1 atom stereocenters. The Bertz CT molecular complexity index is 1120. The molecule has 2 heterocycles. The number of rotatable bonds is 11. The van der Waals surface area contributed by atoms with Crippen LogP contribution >= 0.6 is 0 Å². The summed E-state index contributed by atoms with van der Waals surface area (Å²) in [6.45, 7) is 9.33. The van der Waals surface area contributed by atoms with E-state index in [1.165, 1.54) is 0 Å². The number of aromatic nitrogens is 2. The molecule has 1 amide bonds. The second kappa shape index (κ2) is 13.5. The number of methoxy groups -OCH3 is 2. The van der Waals surface area contributed by atoms with E-state index in [-0.39, 0.29) is 24.3 Å². The van der Waals surface area contributed by atoms with E-state index < -0.39 is 11.6 Å². The molecule has 1 aromatic heterocycles. The Morgan fingerprint density at radius 1 is 1.10 bits per heavy atom. The largest absolute Gasteiger partial charge is 0.496 e. The molecule has 1 aliphatic heterocycles. The zero-order chi connectivity index (χ0) is 28.7. The third kappa shape index (κ3) is 7.75. The summed E-state index contributed by atoms with van der Waals surface area (Å²) in [6, 6.07) is 7.23. The number of carbonyl (C=O) groups excluding carboxylic acids is 2. The first-order valence-electron chi connectivity index (χ1n) is 14.3. The van der Waals surface area contributed by atoms with Crippen molar-refractivity contribution in [1.82, 2.24) is 20.0 Å². The first-order chi connectivity index (χ1) is 19.2. The smallest absolute Gasteiger partial charge is 0.308 e. The highest BCUT2D eigenvalue weighted by Gasteiger charge is 2.29. The Morgan fingerprint density at radius 3 is 2.35 bits per heavy atom. The summed E-state index contributed by atoms with van der Waals surface area (Å²) < 4.78 is 24.4. The van der Waals surface area contributed by atoms with Gasteiger partial charge in [0.2, 0.25) is 0 Å². The van der Waals surface area contributed by atoms with Crippen LogP contribution < -0.4 is 14.8 Å². The number of ether oxygens (including phenoxy) is 4. The second-order valence-corrected chi connectivity index (χ2v) is 11.5. The van der Waals surface area contributed by atoms with Crippen LogP contribution in [0.25, 0.3) is 11.3 Å². The first kappa shape index (κ1) is 29.9. The highest BCUT2D eigenvalue weighted by atomic mass is 16.6. The van der Waals surface area contributed by atoms with Crippen LogP contribution in [-0.2, 0) is 14.3 Å². The van der Waals surface area contributed by atoms with E-state index in [1.807, 2.05) is 43.7 Å². The number of esters is 1. The molecule has 220 valence electrons. The van der Waals surface area contributed by atoms with Gasteiger partial charge in [-0.2, -0.15) is 5.10 Å². The lowest BCUT2D eigenvalue weighted by Gasteiger charge is -2.29. The molecule has 10 nitrogen and oxygen atoms in total. The van der Waals surface area contributed by atoms with Gasteiger partial charge in [-0.15, -0.1) is 0 Å².